The number of hydrogen-bond donors (Lipinski definition) is 1. The molecule has 0 aliphatic rings. The van der Waals surface area contributed by atoms with Crippen LogP contribution in [0, 0.1) is 0 Å². The topological polar surface area (TPSA) is 60.5 Å². The van der Waals surface area contributed by atoms with E-state index >= 15 is 0 Å². The molecule has 1 N–H and O–H groups in total. The molecule has 0 spiro atoms. The first kappa shape index (κ1) is 17.5. The van der Waals surface area contributed by atoms with Crippen LogP contribution in [0.25, 0.3) is 0 Å². The molecule has 0 saturated heterocycles. The lowest BCUT2D eigenvalue weighted by atomic mass is 10.2. The quantitative estimate of drug-likeness (QED) is 0.757. The monoisotopic (exact) mass is 326 g/mol. The maximum absolute atomic E-state index is 12.4. The molecule has 0 radical (unpaired) electrons. The van der Waals surface area contributed by atoms with Gasteiger partial charge in [0.1, 0.15) is 24.2 Å². The lowest BCUT2D eigenvalue weighted by molar-refractivity contribution is 0.0928. The Kier molecular flexibility index (Phi) is 6.37. The Morgan fingerprint density at radius 2 is 2.08 bits per heavy atom. The van der Waals surface area contributed by atoms with E-state index in [1.54, 1.807) is 36.7 Å². The smallest absolute Gasteiger partial charge is 0.255 e. The summed E-state index contributed by atoms with van der Waals surface area (Å²) in [4.78, 5) is 16.4. The predicted molar refractivity (Wildman–Crippen MR) is 93.4 cm³/mol. The molecular weight excluding hydrogens is 304 g/mol. The van der Waals surface area contributed by atoms with Crippen LogP contribution in [0.3, 0.4) is 0 Å². The first-order chi connectivity index (χ1) is 11.6. The van der Waals surface area contributed by atoms with E-state index in [4.69, 9.17) is 9.47 Å². The summed E-state index contributed by atoms with van der Waals surface area (Å²) >= 11 is 0. The molecule has 0 unspecified atom stereocenters. The Bertz CT molecular complexity index is 686. The number of pyridine rings is 1. The molecule has 2 aromatic rings. The van der Waals surface area contributed by atoms with E-state index in [2.05, 4.69) is 16.9 Å². The normalized spacial score (nSPS) is 11.4. The van der Waals surface area contributed by atoms with Gasteiger partial charge in [-0.1, -0.05) is 18.7 Å². The van der Waals surface area contributed by atoms with E-state index in [0.717, 1.165) is 5.57 Å². The van der Waals surface area contributed by atoms with Gasteiger partial charge in [0.25, 0.3) is 5.91 Å². The highest BCUT2D eigenvalue weighted by Gasteiger charge is 2.13. The average molecular weight is 326 g/mol. The molecule has 1 aromatic carbocycles. The lowest BCUT2D eigenvalue weighted by Gasteiger charge is -2.16. The van der Waals surface area contributed by atoms with Gasteiger partial charge in [0.05, 0.1) is 18.3 Å². The van der Waals surface area contributed by atoms with E-state index in [1.807, 2.05) is 26.0 Å². The molecule has 5 heteroatoms. The van der Waals surface area contributed by atoms with Gasteiger partial charge in [-0.15, -0.1) is 0 Å². The summed E-state index contributed by atoms with van der Waals surface area (Å²) in [6.45, 7) is 8.32. The molecule has 0 aliphatic heterocycles. The zero-order valence-electron chi connectivity index (χ0n) is 14.0. The number of carbonyl (C=O) groups excluding carboxylic acids is 1. The first-order valence-corrected chi connectivity index (χ1v) is 7.77. The van der Waals surface area contributed by atoms with Crippen molar-refractivity contribution < 1.29 is 14.3 Å². The number of benzene rings is 1. The fourth-order valence-electron chi connectivity index (χ4n) is 2.00. The van der Waals surface area contributed by atoms with E-state index in [0.29, 0.717) is 30.2 Å². The van der Waals surface area contributed by atoms with Crippen LogP contribution in [0.15, 0.2) is 60.9 Å². The Balaban J connectivity index is 1.91. The summed E-state index contributed by atoms with van der Waals surface area (Å²) in [6.07, 6.45) is 3.14. The second kappa shape index (κ2) is 8.72. The second-order valence-electron chi connectivity index (χ2n) is 5.57. The van der Waals surface area contributed by atoms with E-state index < -0.39 is 0 Å². The summed E-state index contributed by atoms with van der Waals surface area (Å²) < 4.78 is 11.3. The Labute approximate surface area is 142 Å². The van der Waals surface area contributed by atoms with Gasteiger partial charge in [-0.3, -0.25) is 9.78 Å². The van der Waals surface area contributed by atoms with Crippen LogP contribution < -0.4 is 14.8 Å². The molecule has 2 rings (SSSR count). The zero-order valence-corrected chi connectivity index (χ0v) is 14.0. The summed E-state index contributed by atoms with van der Waals surface area (Å²) in [6, 6.07) is 10.8. The third-order valence-electron chi connectivity index (χ3n) is 3.13. The molecule has 0 aliphatic carbocycles. The number of rotatable bonds is 8. The number of aromatic nitrogens is 1. The molecule has 126 valence electrons. The number of carbonyl (C=O) groups is 1. The number of nitrogens with zero attached hydrogens (tertiary/aromatic N) is 1. The van der Waals surface area contributed by atoms with Gasteiger partial charge in [-0.25, -0.2) is 0 Å². The van der Waals surface area contributed by atoms with Crippen molar-refractivity contribution in [1.29, 1.82) is 0 Å². The predicted octanol–water partition coefficient (Wildman–Crippen LogP) is 3.23. The highest BCUT2D eigenvalue weighted by atomic mass is 16.5. The van der Waals surface area contributed by atoms with Crippen molar-refractivity contribution in [3.63, 3.8) is 0 Å². The van der Waals surface area contributed by atoms with Gasteiger partial charge in [-0.2, -0.15) is 0 Å². The zero-order chi connectivity index (χ0) is 17.4. The Hall–Kier alpha value is -2.82. The third-order valence-corrected chi connectivity index (χ3v) is 3.13. The van der Waals surface area contributed by atoms with Crippen LogP contribution in [-0.4, -0.2) is 30.1 Å². The fraction of sp³-hybridized carbons (Fsp3) is 0.263. The van der Waals surface area contributed by atoms with Crippen molar-refractivity contribution in [1.82, 2.24) is 10.3 Å². The number of para-hydroxylation sites is 1. The minimum absolute atomic E-state index is 0.179. The Morgan fingerprint density at radius 3 is 2.79 bits per heavy atom. The average Bonchev–Trinajstić information content (AvgIpc) is 2.59. The maximum Gasteiger partial charge on any atom is 0.255 e. The fourth-order valence-corrected chi connectivity index (χ4v) is 2.00. The van der Waals surface area contributed by atoms with Gasteiger partial charge < -0.3 is 14.8 Å². The van der Waals surface area contributed by atoms with Crippen LogP contribution in [-0.2, 0) is 0 Å². The maximum atomic E-state index is 12.4. The SMILES string of the molecule is C=C(C)COc1ccccc1C(=O)NC[C@@H](C)Oc1cccnc1. The number of ether oxygens (including phenoxy) is 2. The van der Waals surface area contributed by atoms with E-state index in [9.17, 15) is 4.79 Å². The van der Waals surface area contributed by atoms with Crippen LogP contribution in [0.2, 0.25) is 0 Å². The summed E-state index contributed by atoms with van der Waals surface area (Å²) in [7, 11) is 0. The molecule has 1 amide bonds. The molecule has 24 heavy (non-hydrogen) atoms. The summed E-state index contributed by atoms with van der Waals surface area (Å²) in [5.41, 5.74) is 1.39. The molecular formula is C19H22N2O3. The molecule has 1 aromatic heterocycles. The molecule has 1 atom stereocenters. The lowest BCUT2D eigenvalue weighted by Crippen LogP contribution is -2.33. The van der Waals surface area contributed by atoms with Gasteiger partial charge in [0.2, 0.25) is 0 Å². The Morgan fingerprint density at radius 1 is 1.29 bits per heavy atom. The summed E-state index contributed by atoms with van der Waals surface area (Å²) in [5.74, 6) is 1.01. The molecule has 0 saturated carbocycles. The van der Waals surface area contributed by atoms with Crippen molar-refractivity contribution in [3.05, 3.63) is 66.5 Å². The molecule has 0 fully saturated rings. The van der Waals surface area contributed by atoms with Crippen molar-refractivity contribution in [2.24, 2.45) is 0 Å². The van der Waals surface area contributed by atoms with Gasteiger partial charge >= 0.3 is 0 Å². The third kappa shape index (κ3) is 5.43. The minimum atomic E-state index is -0.200. The summed E-state index contributed by atoms with van der Waals surface area (Å²) in [5, 5.41) is 2.86. The largest absolute Gasteiger partial charge is 0.488 e. The highest BCUT2D eigenvalue weighted by molar-refractivity contribution is 5.96. The standard InChI is InChI=1S/C19H22N2O3/c1-14(2)13-23-18-9-5-4-8-17(18)19(22)21-11-15(3)24-16-7-6-10-20-12-16/h4-10,12,15H,1,11,13H2,2-3H3,(H,21,22)/t15-/m1/s1. The van der Waals surface area contributed by atoms with Crippen molar-refractivity contribution in [2.75, 3.05) is 13.2 Å². The van der Waals surface area contributed by atoms with Crippen molar-refractivity contribution >= 4 is 5.91 Å². The van der Waals surface area contributed by atoms with E-state index in [-0.39, 0.29) is 12.0 Å². The van der Waals surface area contributed by atoms with E-state index in [1.165, 1.54) is 0 Å². The molecule has 1 heterocycles. The van der Waals surface area contributed by atoms with Gasteiger partial charge in [0.15, 0.2) is 0 Å². The van der Waals surface area contributed by atoms with Crippen LogP contribution in [0.1, 0.15) is 24.2 Å². The van der Waals surface area contributed by atoms with Crippen molar-refractivity contribution in [3.8, 4) is 11.5 Å². The highest BCUT2D eigenvalue weighted by Crippen LogP contribution is 2.18. The number of amides is 1. The first-order valence-electron chi connectivity index (χ1n) is 7.77. The molecule has 5 nitrogen and oxygen atoms in total. The number of hydrogen-bond acceptors (Lipinski definition) is 4. The number of nitrogens with one attached hydrogen (secondary N) is 1. The molecule has 0 bridgehead atoms. The van der Waals surface area contributed by atoms with Crippen LogP contribution in [0.4, 0.5) is 0 Å². The van der Waals surface area contributed by atoms with Crippen LogP contribution in [0.5, 0.6) is 11.5 Å². The van der Waals surface area contributed by atoms with Gasteiger partial charge in [0, 0.05) is 6.20 Å². The minimum Gasteiger partial charge on any atom is -0.488 e. The van der Waals surface area contributed by atoms with Crippen molar-refractivity contribution in [2.45, 2.75) is 20.0 Å². The van der Waals surface area contributed by atoms with Gasteiger partial charge in [-0.05, 0) is 43.7 Å². The second-order valence-corrected chi connectivity index (χ2v) is 5.57. The van der Waals surface area contributed by atoms with Crippen LogP contribution >= 0.6 is 0 Å².